The van der Waals surface area contributed by atoms with E-state index in [9.17, 15) is 0 Å². The largest absolute Gasteiger partial charge is 0.358 e. The average Bonchev–Trinajstić information content (AvgIpc) is 2.18. The van der Waals surface area contributed by atoms with Crippen molar-refractivity contribution in [3.8, 4) is 0 Å². The van der Waals surface area contributed by atoms with Gasteiger partial charge in [0.05, 0.1) is 0 Å². The summed E-state index contributed by atoms with van der Waals surface area (Å²) in [7, 11) is 3.75. The van der Waals surface area contributed by atoms with Crippen molar-refractivity contribution >= 4 is 11.8 Å². The van der Waals surface area contributed by atoms with Gasteiger partial charge in [0.1, 0.15) is 5.82 Å². The van der Waals surface area contributed by atoms with Gasteiger partial charge in [0.2, 0.25) is 5.95 Å². The molecule has 0 unspecified atom stereocenters. The minimum absolute atomic E-state index is 0.620. The third-order valence-electron chi connectivity index (χ3n) is 1.72. The lowest BCUT2D eigenvalue weighted by Crippen LogP contribution is -2.25. The zero-order valence-corrected chi connectivity index (χ0v) is 7.99. The molecule has 5 nitrogen and oxygen atoms in total. The van der Waals surface area contributed by atoms with Crippen LogP contribution < -0.4 is 16.0 Å². The first-order valence-electron chi connectivity index (χ1n) is 4.20. The highest BCUT2D eigenvalue weighted by Gasteiger charge is 2.01. The standard InChI is InChI=1S/C8H15N5/c1-10-8-11-5-3-7(12-8)13(2)6-4-9/h3,5H,4,6,9H2,1-2H3,(H,10,11,12). The summed E-state index contributed by atoms with van der Waals surface area (Å²) < 4.78 is 0. The van der Waals surface area contributed by atoms with Crippen LogP contribution in [0.25, 0.3) is 0 Å². The monoisotopic (exact) mass is 181 g/mol. The lowest BCUT2D eigenvalue weighted by atomic mass is 10.5. The Morgan fingerprint density at radius 1 is 1.62 bits per heavy atom. The van der Waals surface area contributed by atoms with Crippen LogP contribution in [-0.2, 0) is 0 Å². The number of nitrogens with one attached hydrogen (secondary N) is 1. The van der Waals surface area contributed by atoms with Crippen molar-refractivity contribution in [2.75, 3.05) is 37.4 Å². The molecule has 3 N–H and O–H groups in total. The maximum absolute atomic E-state index is 5.44. The van der Waals surface area contributed by atoms with E-state index in [4.69, 9.17) is 5.73 Å². The first-order chi connectivity index (χ1) is 6.27. The van der Waals surface area contributed by atoms with E-state index in [1.807, 2.05) is 18.0 Å². The van der Waals surface area contributed by atoms with Gasteiger partial charge in [0.15, 0.2) is 0 Å². The van der Waals surface area contributed by atoms with Crippen molar-refractivity contribution in [3.63, 3.8) is 0 Å². The second-order valence-corrected chi connectivity index (χ2v) is 2.70. The molecule has 5 heteroatoms. The maximum atomic E-state index is 5.44. The van der Waals surface area contributed by atoms with Crippen molar-refractivity contribution in [1.82, 2.24) is 9.97 Å². The smallest absolute Gasteiger partial charge is 0.224 e. The number of anilines is 2. The highest BCUT2D eigenvalue weighted by Crippen LogP contribution is 2.08. The second-order valence-electron chi connectivity index (χ2n) is 2.70. The SMILES string of the molecule is CNc1nccc(N(C)CCN)n1. The van der Waals surface area contributed by atoms with Gasteiger partial charge >= 0.3 is 0 Å². The zero-order chi connectivity index (χ0) is 9.68. The van der Waals surface area contributed by atoms with Crippen molar-refractivity contribution in [1.29, 1.82) is 0 Å². The van der Waals surface area contributed by atoms with Gasteiger partial charge in [0.25, 0.3) is 0 Å². The van der Waals surface area contributed by atoms with Crippen molar-refractivity contribution in [2.24, 2.45) is 5.73 Å². The summed E-state index contributed by atoms with van der Waals surface area (Å²) in [5.41, 5.74) is 5.44. The molecule has 0 amide bonds. The highest BCUT2D eigenvalue weighted by molar-refractivity contribution is 5.41. The van der Waals surface area contributed by atoms with E-state index in [1.54, 1.807) is 13.2 Å². The van der Waals surface area contributed by atoms with Crippen LogP contribution in [-0.4, -0.2) is 37.2 Å². The number of rotatable bonds is 4. The van der Waals surface area contributed by atoms with Gasteiger partial charge in [-0.1, -0.05) is 0 Å². The molecule has 0 fully saturated rings. The first kappa shape index (κ1) is 9.73. The minimum Gasteiger partial charge on any atom is -0.358 e. The number of aromatic nitrogens is 2. The minimum atomic E-state index is 0.620. The zero-order valence-electron chi connectivity index (χ0n) is 7.99. The molecule has 72 valence electrons. The summed E-state index contributed by atoms with van der Waals surface area (Å²) in [4.78, 5) is 10.3. The van der Waals surface area contributed by atoms with E-state index in [1.165, 1.54) is 0 Å². The first-order valence-corrected chi connectivity index (χ1v) is 4.20. The summed E-state index contributed by atoms with van der Waals surface area (Å²) >= 11 is 0. The normalized spacial score (nSPS) is 9.77. The number of hydrogen-bond donors (Lipinski definition) is 2. The van der Waals surface area contributed by atoms with Gasteiger partial charge in [-0.25, -0.2) is 4.98 Å². The van der Waals surface area contributed by atoms with Crippen LogP contribution >= 0.6 is 0 Å². The lowest BCUT2D eigenvalue weighted by molar-refractivity contribution is 0.865. The molecule has 0 atom stereocenters. The summed E-state index contributed by atoms with van der Waals surface area (Å²) in [6.45, 7) is 1.41. The highest BCUT2D eigenvalue weighted by atomic mass is 15.2. The van der Waals surface area contributed by atoms with Gasteiger partial charge < -0.3 is 16.0 Å². The molecule has 0 aliphatic heterocycles. The molecule has 0 aromatic carbocycles. The molecule has 0 radical (unpaired) electrons. The molecule has 0 saturated carbocycles. The molecule has 0 aliphatic carbocycles. The van der Waals surface area contributed by atoms with Gasteiger partial charge in [-0.2, -0.15) is 4.98 Å². The Morgan fingerprint density at radius 3 is 3.00 bits per heavy atom. The van der Waals surface area contributed by atoms with E-state index in [0.717, 1.165) is 12.4 Å². The van der Waals surface area contributed by atoms with Crippen LogP contribution in [0.3, 0.4) is 0 Å². The Bertz CT molecular complexity index is 262. The van der Waals surface area contributed by atoms with Crippen LogP contribution in [0, 0.1) is 0 Å². The fourth-order valence-electron chi connectivity index (χ4n) is 0.990. The third kappa shape index (κ3) is 2.55. The summed E-state index contributed by atoms with van der Waals surface area (Å²) in [6.07, 6.45) is 1.72. The molecule has 0 bridgehead atoms. The molecule has 0 saturated heterocycles. The number of nitrogens with two attached hydrogens (primary N) is 1. The molecular formula is C8H15N5. The predicted octanol–water partition coefficient (Wildman–Crippen LogP) is -0.0868. The van der Waals surface area contributed by atoms with E-state index in [0.29, 0.717) is 12.5 Å². The fourth-order valence-corrected chi connectivity index (χ4v) is 0.990. The van der Waals surface area contributed by atoms with E-state index in [-0.39, 0.29) is 0 Å². The summed E-state index contributed by atoms with van der Waals surface area (Å²) in [6, 6.07) is 1.86. The molecule has 1 heterocycles. The molecular weight excluding hydrogens is 166 g/mol. The molecule has 1 aromatic rings. The Morgan fingerprint density at radius 2 is 2.38 bits per heavy atom. The number of hydrogen-bond acceptors (Lipinski definition) is 5. The van der Waals surface area contributed by atoms with Crippen LogP contribution in [0.1, 0.15) is 0 Å². The maximum Gasteiger partial charge on any atom is 0.224 e. The second kappa shape index (κ2) is 4.61. The Hall–Kier alpha value is -1.36. The number of nitrogens with zero attached hydrogens (tertiary/aromatic N) is 3. The Balaban J connectivity index is 2.75. The van der Waals surface area contributed by atoms with Crippen molar-refractivity contribution < 1.29 is 0 Å². The summed E-state index contributed by atoms with van der Waals surface area (Å²) in [5.74, 6) is 1.51. The van der Waals surface area contributed by atoms with E-state index < -0.39 is 0 Å². The summed E-state index contributed by atoms with van der Waals surface area (Å²) in [5, 5.41) is 2.88. The molecule has 1 aromatic heterocycles. The van der Waals surface area contributed by atoms with Crippen LogP contribution in [0.15, 0.2) is 12.3 Å². The fraction of sp³-hybridized carbons (Fsp3) is 0.500. The van der Waals surface area contributed by atoms with Gasteiger partial charge in [0, 0.05) is 33.4 Å². The van der Waals surface area contributed by atoms with Gasteiger partial charge in [-0.3, -0.25) is 0 Å². The van der Waals surface area contributed by atoms with Crippen LogP contribution in [0.5, 0.6) is 0 Å². The lowest BCUT2D eigenvalue weighted by Gasteiger charge is -2.16. The van der Waals surface area contributed by atoms with E-state index in [2.05, 4.69) is 15.3 Å². The quantitative estimate of drug-likeness (QED) is 0.679. The molecule has 0 spiro atoms. The average molecular weight is 181 g/mol. The molecule has 1 rings (SSSR count). The van der Waals surface area contributed by atoms with Crippen LogP contribution in [0.2, 0.25) is 0 Å². The third-order valence-corrected chi connectivity index (χ3v) is 1.72. The van der Waals surface area contributed by atoms with Crippen molar-refractivity contribution in [3.05, 3.63) is 12.3 Å². The van der Waals surface area contributed by atoms with Crippen LogP contribution in [0.4, 0.5) is 11.8 Å². The van der Waals surface area contributed by atoms with Gasteiger partial charge in [-0.05, 0) is 6.07 Å². The van der Waals surface area contributed by atoms with Gasteiger partial charge in [-0.15, -0.1) is 0 Å². The topological polar surface area (TPSA) is 67.1 Å². The Labute approximate surface area is 78.0 Å². The predicted molar refractivity (Wildman–Crippen MR) is 53.9 cm³/mol. The molecule has 13 heavy (non-hydrogen) atoms. The van der Waals surface area contributed by atoms with E-state index >= 15 is 0 Å². The van der Waals surface area contributed by atoms with Crippen molar-refractivity contribution in [2.45, 2.75) is 0 Å². The Kier molecular flexibility index (Phi) is 3.45. The molecule has 0 aliphatic rings. The number of likely N-dealkylation sites (N-methyl/N-ethyl adjacent to an activating group) is 1.